The summed E-state index contributed by atoms with van der Waals surface area (Å²) >= 11 is 3.21. The highest BCUT2D eigenvalue weighted by Gasteiger charge is 2.52. The number of carbonyl (C=O) groups excluding carboxylic acids is 1. The van der Waals surface area contributed by atoms with E-state index in [1.54, 1.807) is 13.0 Å². The lowest BCUT2D eigenvalue weighted by Crippen LogP contribution is -2.44. The molecule has 0 amide bonds. The third kappa shape index (κ3) is 4.00. The fraction of sp³-hybridized carbons (Fsp3) is 0.200. The number of nitrogens with zero attached hydrogens (tertiary/aromatic N) is 2. The van der Waals surface area contributed by atoms with Crippen LogP contribution in [0.1, 0.15) is 29.7 Å². The van der Waals surface area contributed by atoms with Crippen LogP contribution in [0.5, 0.6) is 0 Å². The average molecular weight is 481 g/mol. The first kappa shape index (κ1) is 21.2. The summed E-state index contributed by atoms with van der Waals surface area (Å²) in [4.78, 5) is 19.9. The summed E-state index contributed by atoms with van der Waals surface area (Å²) in [5, 5.41) is 0. The van der Waals surface area contributed by atoms with Crippen molar-refractivity contribution in [2.75, 3.05) is 7.11 Å². The van der Waals surface area contributed by atoms with E-state index in [1.807, 2.05) is 66.7 Å². The van der Waals surface area contributed by atoms with E-state index in [2.05, 4.69) is 20.8 Å². The van der Waals surface area contributed by atoms with Gasteiger partial charge in [0.05, 0.1) is 17.6 Å². The SMILES string of the molecule is COC(=O)C1(C)N=C(c2ccccc2)N(Cc2ccc(Br)c(F)c2)C1c1ccccc1. The smallest absolute Gasteiger partial charge is 0.336 e. The number of methoxy groups -OCH3 is 1. The van der Waals surface area contributed by atoms with E-state index >= 15 is 0 Å². The number of halogens is 2. The van der Waals surface area contributed by atoms with Gasteiger partial charge >= 0.3 is 5.97 Å². The highest BCUT2D eigenvalue weighted by molar-refractivity contribution is 9.10. The molecule has 4 nitrogen and oxygen atoms in total. The van der Waals surface area contributed by atoms with Crippen LogP contribution in [0.15, 0.2) is 88.3 Å². The van der Waals surface area contributed by atoms with Gasteiger partial charge < -0.3 is 9.64 Å². The van der Waals surface area contributed by atoms with Crippen molar-refractivity contribution in [1.29, 1.82) is 0 Å². The number of rotatable bonds is 5. The fourth-order valence-corrected chi connectivity index (χ4v) is 4.34. The molecule has 0 saturated carbocycles. The molecular weight excluding hydrogens is 459 g/mol. The number of amidine groups is 1. The molecule has 31 heavy (non-hydrogen) atoms. The second-order valence-electron chi connectivity index (χ2n) is 7.63. The van der Waals surface area contributed by atoms with Gasteiger partial charge in [-0.2, -0.15) is 0 Å². The summed E-state index contributed by atoms with van der Waals surface area (Å²) in [5.74, 6) is -0.0770. The number of aliphatic imine (C=N–C) groups is 1. The number of hydrogen-bond donors (Lipinski definition) is 0. The van der Waals surface area contributed by atoms with Crippen LogP contribution >= 0.6 is 15.9 Å². The van der Waals surface area contributed by atoms with Gasteiger partial charge in [-0.25, -0.2) is 14.2 Å². The summed E-state index contributed by atoms with van der Waals surface area (Å²) in [7, 11) is 1.38. The van der Waals surface area contributed by atoms with E-state index in [0.717, 1.165) is 16.7 Å². The summed E-state index contributed by atoms with van der Waals surface area (Å²) in [6.45, 7) is 2.17. The Labute approximate surface area is 189 Å². The zero-order valence-electron chi connectivity index (χ0n) is 17.3. The van der Waals surface area contributed by atoms with Crippen molar-refractivity contribution < 1.29 is 13.9 Å². The molecule has 2 atom stereocenters. The maximum Gasteiger partial charge on any atom is 0.336 e. The monoisotopic (exact) mass is 480 g/mol. The minimum atomic E-state index is -1.16. The molecule has 6 heteroatoms. The largest absolute Gasteiger partial charge is 0.467 e. The second kappa shape index (κ2) is 8.63. The Kier molecular flexibility index (Phi) is 5.92. The highest BCUT2D eigenvalue weighted by atomic mass is 79.9. The minimum Gasteiger partial charge on any atom is -0.467 e. The molecule has 0 aliphatic carbocycles. The molecule has 2 unspecified atom stereocenters. The predicted molar refractivity (Wildman–Crippen MR) is 122 cm³/mol. The predicted octanol–water partition coefficient (Wildman–Crippen LogP) is 5.52. The molecule has 0 N–H and O–H groups in total. The molecule has 0 saturated heterocycles. The van der Waals surface area contributed by atoms with Gasteiger partial charge in [0.25, 0.3) is 0 Å². The molecule has 0 aromatic heterocycles. The summed E-state index contributed by atoms with van der Waals surface area (Å²) in [5.41, 5.74) is 1.44. The number of ether oxygens (including phenoxy) is 1. The van der Waals surface area contributed by atoms with E-state index < -0.39 is 17.6 Å². The fourth-order valence-electron chi connectivity index (χ4n) is 4.09. The van der Waals surface area contributed by atoms with Crippen molar-refractivity contribution in [3.63, 3.8) is 0 Å². The molecule has 0 spiro atoms. The van der Waals surface area contributed by atoms with Crippen LogP contribution in [-0.4, -0.2) is 29.4 Å². The van der Waals surface area contributed by atoms with Gasteiger partial charge in [0.1, 0.15) is 11.7 Å². The lowest BCUT2D eigenvalue weighted by atomic mass is 9.87. The number of carbonyl (C=O) groups is 1. The third-order valence-corrected chi connectivity index (χ3v) is 6.18. The first-order valence-electron chi connectivity index (χ1n) is 9.93. The van der Waals surface area contributed by atoms with E-state index in [-0.39, 0.29) is 5.82 Å². The Morgan fingerprint density at radius 1 is 1.10 bits per heavy atom. The van der Waals surface area contributed by atoms with Crippen LogP contribution in [-0.2, 0) is 16.1 Å². The van der Waals surface area contributed by atoms with Crippen LogP contribution in [0.3, 0.4) is 0 Å². The van der Waals surface area contributed by atoms with E-state index in [4.69, 9.17) is 9.73 Å². The Hall–Kier alpha value is -2.99. The molecule has 0 radical (unpaired) electrons. The van der Waals surface area contributed by atoms with Crippen LogP contribution in [0, 0.1) is 5.82 Å². The van der Waals surface area contributed by atoms with Crippen molar-refractivity contribution in [1.82, 2.24) is 4.90 Å². The minimum absolute atomic E-state index is 0.332. The van der Waals surface area contributed by atoms with Crippen LogP contribution in [0.25, 0.3) is 0 Å². The van der Waals surface area contributed by atoms with Gasteiger partial charge in [-0.15, -0.1) is 0 Å². The van der Waals surface area contributed by atoms with Crippen molar-refractivity contribution in [2.45, 2.75) is 25.0 Å². The summed E-state index contributed by atoms with van der Waals surface area (Å²) in [6.07, 6.45) is 0. The van der Waals surface area contributed by atoms with Crippen molar-refractivity contribution in [2.24, 2.45) is 4.99 Å². The van der Waals surface area contributed by atoms with Gasteiger partial charge in [-0.1, -0.05) is 66.7 Å². The topological polar surface area (TPSA) is 41.9 Å². The van der Waals surface area contributed by atoms with E-state index in [9.17, 15) is 9.18 Å². The molecule has 1 aliphatic rings. The standard InChI is InChI=1S/C25H22BrFN2O2/c1-25(24(30)31-2)22(18-9-5-3-6-10-18)29(16-17-13-14-20(26)21(27)15-17)23(28-25)19-11-7-4-8-12-19/h3-15,22H,16H2,1-2H3. The Balaban J connectivity index is 1.87. The zero-order chi connectivity index (χ0) is 22.0. The van der Waals surface area contributed by atoms with Gasteiger partial charge in [-0.05, 0) is 46.1 Å². The first-order valence-corrected chi connectivity index (χ1v) is 10.7. The lowest BCUT2D eigenvalue weighted by Gasteiger charge is -2.34. The Morgan fingerprint density at radius 3 is 2.35 bits per heavy atom. The summed E-state index contributed by atoms with van der Waals surface area (Å²) in [6, 6.07) is 24.1. The van der Waals surface area contributed by atoms with E-state index in [1.165, 1.54) is 13.2 Å². The van der Waals surface area contributed by atoms with Crippen molar-refractivity contribution in [3.05, 3.63) is 106 Å². The average Bonchev–Trinajstić information content (AvgIpc) is 3.10. The van der Waals surface area contributed by atoms with E-state index in [0.29, 0.717) is 16.9 Å². The third-order valence-electron chi connectivity index (χ3n) is 5.54. The molecule has 1 heterocycles. The van der Waals surface area contributed by atoms with Crippen LogP contribution in [0.2, 0.25) is 0 Å². The second-order valence-corrected chi connectivity index (χ2v) is 8.48. The molecule has 0 bridgehead atoms. The number of esters is 1. The van der Waals surface area contributed by atoms with Gasteiger partial charge in [-0.3, -0.25) is 0 Å². The molecule has 0 fully saturated rings. The van der Waals surface area contributed by atoms with Crippen LogP contribution < -0.4 is 0 Å². The van der Waals surface area contributed by atoms with Gasteiger partial charge in [0, 0.05) is 12.1 Å². The quantitative estimate of drug-likeness (QED) is 0.451. The zero-order valence-corrected chi connectivity index (χ0v) is 18.8. The van der Waals surface area contributed by atoms with Gasteiger partial charge in [0.15, 0.2) is 5.54 Å². The maximum absolute atomic E-state index is 14.3. The van der Waals surface area contributed by atoms with Crippen LogP contribution in [0.4, 0.5) is 4.39 Å². The molecule has 3 aromatic rings. The summed E-state index contributed by atoms with van der Waals surface area (Å²) < 4.78 is 19.8. The van der Waals surface area contributed by atoms with Gasteiger partial charge in [0.2, 0.25) is 0 Å². The molecule has 1 aliphatic heterocycles. The lowest BCUT2D eigenvalue weighted by molar-refractivity contribution is -0.147. The molecular formula is C25H22BrFN2O2. The normalized spacial score (nSPS) is 20.5. The van der Waals surface area contributed by atoms with Crippen molar-refractivity contribution >= 4 is 27.7 Å². The molecule has 158 valence electrons. The maximum atomic E-state index is 14.3. The molecule has 3 aromatic carbocycles. The number of hydrogen-bond acceptors (Lipinski definition) is 4. The number of benzene rings is 3. The van der Waals surface area contributed by atoms with Crippen molar-refractivity contribution in [3.8, 4) is 0 Å². The Bertz CT molecular complexity index is 1120. The molecule has 4 rings (SSSR count). The first-order chi connectivity index (χ1) is 14.9. The highest BCUT2D eigenvalue weighted by Crippen LogP contribution is 2.43. The Morgan fingerprint density at radius 2 is 1.74 bits per heavy atom.